The van der Waals surface area contributed by atoms with Crippen LogP contribution in [-0.4, -0.2) is 36.7 Å². The van der Waals surface area contributed by atoms with E-state index in [0.717, 1.165) is 5.56 Å². The van der Waals surface area contributed by atoms with Crippen molar-refractivity contribution in [1.29, 1.82) is 0 Å². The molecule has 1 amide bonds. The molecule has 1 aromatic rings. The van der Waals surface area contributed by atoms with Gasteiger partial charge in [0.25, 0.3) is 0 Å². The Balaban J connectivity index is 2.36. The Morgan fingerprint density at radius 3 is 2.94 bits per heavy atom. The third kappa shape index (κ3) is 4.24. The number of hydroxylamine groups is 2. The predicted octanol–water partition coefficient (Wildman–Crippen LogP) is -0.227. The van der Waals surface area contributed by atoms with Gasteiger partial charge in [0.1, 0.15) is 12.4 Å². The molecule has 0 radical (unpaired) electrons. The molecule has 0 saturated carbocycles. The molecule has 0 atom stereocenters. The minimum absolute atomic E-state index is 0.00933. The summed E-state index contributed by atoms with van der Waals surface area (Å²) in [5, 5.41) is 4.04. The highest BCUT2D eigenvalue weighted by molar-refractivity contribution is 5.76. The molecule has 0 aromatic carbocycles. The van der Waals surface area contributed by atoms with Crippen molar-refractivity contribution in [3.05, 3.63) is 23.9 Å². The minimum Gasteiger partial charge on any atom is -0.384 e. The molecule has 0 spiro atoms. The van der Waals surface area contributed by atoms with E-state index < -0.39 is 0 Å². The van der Waals surface area contributed by atoms with E-state index in [0.29, 0.717) is 12.4 Å². The number of anilines is 1. The number of hydrogen-bond acceptors (Lipinski definition) is 5. The summed E-state index contributed by atoms with van der Waals surface area (Å²) in [5.74, 6) is 0.319. The van der Waals surface area contributed by atoms with E-state index in [1.54, 1.807) is 31.4 Å². The van der Waals surface area contributed by atoms with E-state index in [9.17, 15) is 4.79 Å². The first-order chi connectivity index (χ1) is 7.61. The maximum atomic E-state index is 10.9. The highest BCUT2D eigenvalue weighted by atomic mass is 16.7. The van der Waals surface area contributed by atoms with Gasteiger partial charge in [-0.15, -0.1) is 0 Å². The molecule has 16 heavy (non-hydrogen) atoms. The van der Waals surface area contributed by atoms with Crippen LogP contribution in [0.25, 0.3) is 0 Å². The zero-order valence-electron chi connectivity index (χ0n) is 9.43. The van der Waals surface area contributed by atoms with E-state index >= 15 is 0 Å². The maximum absolute atomic E-state index is 10.9. The summed E-state index contributed by atoms with van der Waals surface area (Å²) in [4.78, 5) is 20.1. The molecular weight excluding hydrogens is 208 g/mol. The molecule has 1 heterocycles. The van der Waals surface area contributed by atoms with Crippen molar-refractivity contribution in [2.24, 2.45) is 0 Å². The molecule has 6 heteroatoms. The fourth-order valence-corrected chi connectivity index (χ4v) is 1.07. The topological polar surface area (TPSA) is 80.5 Å². The molecule has 0 aliphatic rings. The smallest absolute Gasteiger partial charge is 0.247 e. The van der Waals surface area contributed by atoms with Crippen LogP contribution in [0.15, 0.2) is 18.3 Å². The number of amides is 1. The van der Waals surface area contributed by atoms with Gasteiger partial charge in [-0.25, -0.2) is 4.98 Å². The van der Waals surface area contributed by atoms with E-state index in [2.05, 4.69) is 10.3 Å². The third-order valence-corrected chi connectivity index (χ3v) is 1.95. The second kappa shape index (κ2) is 6.04. The third-order valence-electron chi connectivity index (χ3n) is 1.95. The lowest BCUT2D eigenvalue weighted by atomic mass is 10.3. The number of carbonyl (C=O) groups excluding carboxylic acids is 1. The van der Waals surface area contributed by atoms with E-state index in [1.807, 2.05) is 6.07 Å². The van der Waals surface area contributed by atoms with Crippen molar-refractivity contribution in [1.82, 2.24) is 15.4 Å². The van der Waals surface area contributed by atoms with Crippen LogP contribution >= 0.6 is 0 Å². The Hall–Kier alpha value is -1.66. The quantitative estimate of drug-likeness (QED) is 0.675. The standard InChI is InChI=1S/C10H16N4O2/c1-12-10(15)7-16-14(2)6-8-3-4-9(11)13-5-8/h3-5H,6-7H2,1-2H3,(H2,11,13)(H,12,15). The Bertz CT molecular complexity index is 339. The number of hydrogen-bond donors (Lipinski definition) is 2. The number of nitrogens with zero attached hydrogens (tertiary/aromatic N) is 2. The molecule has 0 fully saturated rings. The van der Waals surface area contributed by atoms with Crippen molar-refractivity contribution in [3.8, 4) is 0 Å². The molecule has 3 N–H and O–H groups in total. The second-order valence-electron chi connectivity index (χ2n) is 3.32. The lowest BCUT2D eigenvalue weighted by molar-refractivity contribution is -0.163. The Morgan fingerprint density at radius 1 is 1.62 bits per heavy atom. The highest BCUT2D eigenvalue weighted by Gasteiger charge is 2.04. The summed E-state index contributed by atoms with van der Waals surface area (Å²) < 4.78 is 0. The Morgan fingerprint density at radius 2 is 2.38 bits per heavy atom. The molecular formula is C10H16N4O2. The van der Waals surface area contributed by atoms with Gasteiger partial charge in [0.05, 0.1) is 6.54 Å². The van der Waals surface area contributed by atoms with E-state index in [-0.39, 0.29) is 12.5 Å². The van der Waals surface area contributed by atoms with Crippen LogP contribution in [0.5, 0.6) is 0 Å². The first kappa shape index (κ1) is 12.4. The van der Waals surface area contributed by atoms with Gasteiger partial charge in [-0.05, 0) is 11.6 Å². The molecule has 0 saturated heterocycles. The van der Waals surface area contributed by atoms with E-state index in [4.69, 9.17) is 10.6 Å². The lowest BCUT2D eigenvalue weighted by Gasteiger charge is -2.15. The average Bonchev–Trinajstić information content (AvgIpc) is 2.29. The van der Waals surface area contributed by atoms with Crippen LogP contribution in [0, 0.1) is 0 Å². The lowest BCUT2D eigenvalue weighted by Crippen LogP contribution is -2.28. The monoisotopic (exact) mass is 224 g/mol. The van der Waals surface area contributed by atoms with Crippen LogP contribution in [0.4, 0.5) is 5.82 Å². The van der Waals surface area contributed by atoms with Crippen molar-refractivity contribution in [3.63, 3.8) is 0 Å². The van der Waals surface area contributed by atoms with Crippen molar-refractivity contribution < 1.29 is 9.63 Å². The summed E-state index contributed by atoms with van der Waals surface area (Å²) in [6.07, 6.45) is 1.68. The van der Waals surface area contributed by atoms with Crippen LogP contribution in [0.2, 0.25) is 0 Å². The first-order valence-electron chi connectivity index (χ1n) is 4.87. The summed E-state index contributed by atoms with van der Waals surface area (Å²) >= 11 is 0. The minimum atomic E-state index is -0.165. The van der Waals surface area contributed by atoms with Gasteiger partial charge in [-0.3, -0.25) is 9.63 Å². The van der Waals surface area contributed by atoms with Crippen molar-refractivity contribution >= 4 is 11.7 Å². The van der Waals surface area contributed by atoms with Gasteiger partial charge in [0.15, 0.2) is 0 Å². The summed E-state index contributed by atoms with van der Waals surface area (Å²) in [6.45, 7) is 0.555. The zero-order chi connectivity index (χ0) is 12.0. The van der Waals surface area contributed by atoms with Crippen LogP contribution in [0.3, 0.4) is 0 Å². The SMILES string of the molecule is CNC(=O)CON(C)Cc1ccc(N)nc1. The van der Waals surface area contributed by atoms with Crippen LogP contribution < -0.4 is 11.1 Å². The molecule has 1 aromatic heterocycles. The van der Waals surface area contributed by atoms with Crippen molar-refractivity contribution in [2.75, 3.05) is 26.4 Å². The molecule has 0 aliphatic heterocycles. The number of nitrogens with two attached hydrogens (primary N) is 1. The number of nitrogen functional groups attached to an aromatic ring is 1. The van der Waals surface area contributed by atoms with Crippen molar-refractivity contribution in [2.45, 2.75) is 6.54 Å². The normalized spacial score (nSPS) is 10.4. The van der Waals surface area contributed by atoms with Gasteiger partial charge < -0.3 is 11.1 Å². The van der Waals surface area contributed by atoms with Gasteiger partial charge in [0, 0.05) is 20.3 Å². The van der Waals surface area contributed by atoms with Gasteiger partial charge in [-0.2, -0.15) is 5.06 Å². The van der Waals surface area contributed by atoms with E-state index in [1.165, 1.54) is 0 Å². The molecule has 0 bridgehead atoms. The number of nitrogens with one attached hydrogen (secondary N) is 1. The van der Waals surface area contributed by atoms with Gasteiger partial charge in [-0.1, -0.05) is 6.07 Å². The molecule has 0 aliphatic carbocycles. The number of rotatable bonds is 5. The highest BCUT2D eigenvalue weighted by Crippen LogP contribution is 2.04. The Kier molecular flexibility index (Phi) is 4.68. The molecule has 6 nitrogen and oxygen atoms in total. The predicted molar refractivity (Wildman–Crippen MR) is 60.1 cm³/mol. The molecule has 88 valence electrons. The van der Waals surface area contributed by atoms with Gasteiger partial charge >= 0.3 is 0 Å². The first-order valence-corrected chi connectivity index (χ1v) is 4.87. The summed E-state index contributed by atoms with van der Waals surface area (Å²) in [5.41, 5.74) is 6.43. The van der Waals surface area contributed by atoms with Crippen LogP contribution in [0.1, 0.15) is 5.56 Å². The molecule has 0 unspecified atom stereocenters. The second-order valence-corrected chi connectivity index (χ2v) is 3.32. The fourth-order valence-electron chi connectivity index (χ4n) is 1.07. The number of aromatic nitrogens is 1. The van der Waals surface area contributed by atoms with Crippen LogP contribution in [-0.2, 0) is 16.2 Å². The molecule has 1 rings (SSSR count). The average molecular weight is 224 g/mol. The number of likely N-dealkylation sites (N-methyl/N-ethyl adjacent to an activating group) is 1. The zero-order valence-corrected chi connectivity index (χ0v) is 9.43. The summed E-state index contributed by atoms with van der Waals surface area (Å²) in [7, 11) is 3.31. The number of carbonyl (C=O) groups is 1. The number of pyridine rings is 1. The fraction of sp³-hybridized carbons (Fsp3) is 0.400. The Labute approximate surface area is 94.4 Å². The maximum Gasteiger partial charge on any atom is 0.247 e. The van der Waals surface area contributed by atoms with Gasteiger partial charge in [0.2, 0.25) is 5.91 Å². The largest absolute Gasteiger partial charge is 0.384 e. The summed E-state index contributed by atoms with van der Waals surface area (Å²) in [6, 6.07) is 3.59.